The molecular weight excluding hydrogens is 354 g/mol. The third-order valence-electron chi connectivity index (χ3n) is 4.86. The highest BCUT2D eigenvalue weighted by Gasteiger charge is 2.35. The van der Waals surface area contributed by atoms with Crippen molar-refractivity contribution < 1.29 is 14.3 Å². The van der Waals surface area contributed by atoms with Crippen LogP contribution in [0.25, 0.3) is 0 Å². The molecule has 1 aromatic rings. The lowest BCUT2D eigenvalue weighted by Gasteiger charge is -2.32. The van der Waals surface area contributed by atoms with Crippen LogP contribution < -0.4 is 10.6 Å². The molecule has 2 heterocycles. The van der Waals surface area contributed by atoms with Gasteiger partial charge in [-0.3, -0.25) is 4.90 Å². The number of halogens is 1. The molecule has 2 N–H and O–H groups in total. The summed E-state index contributed by atoms with van der Waals surface area (Å²) in [5.74, 6) is -0.466. The SMILES string of the molecule is COC(=O)C1=C(CN2CCCCCC2)NC(=O)N[C@@H]1c1ccccc1Cl. The first-order valence-corrected chi connectivity index (χ1v) is 9.33. The lowest BCUT2D eigenvalue weighted by molar-refractivity contribution is -0.136. The lowest BCUT2D eigenvalue weighted by atomic mass is 9.95. The number of hydrogen-bond acceptors (Lipinski definition) is 4. The number of likely N-dealkylation sites (tertiary alicyclic amines) is 1. The summed E-state index contributed by atoms with van der Waals surface area (Å²) in [6.07, 6.45) is 4.69. The third-order valence-corrected chi connectivity index (χ3v) is 5.20. The highest BCUT2D eigenvalue weighted by atomic mass is 35.5. The molecule has 0 unspecified atom stereocenters. The van der Waals surface area contributed by atoms with Crippen LogP contribution in [0.3, 0.4) is 0 Å². The minimum Gasteiger partial charge on any atom is -0.466 e. The van der Waals surface area contributed by atoms with E-state index < -0.39 is 12.0 Å². The van der Waals surface area contributed by atoms with Gasteiger partial charge in [-0.15, -0.1) is 0 Å². The van der Waals surface area contributed by atoms with Crippen molar-refractivity contribution >= 4 is 23.6 Å². The molecule has 2 amide bonds. The number of carbonyl (C=O) groups is 2. The van der Waals surface area contributed by atoms with Gasteiger partial charge in [-0.1, -0.05) is 42.6 Å². The smallest absolute Gasteiger partial charge is 0.338 e. The van der Waals surface area contributed by atoms with E-state index in [-0.39, 0.29) is 6.03 Å². The van der Waals surface area contributed by atoms with Crippen molar-refractivity contribution in [3.8, 4) is 0 Å². The number of nitrogens with one attached hydrogen (secondary N) is 2. The molecule has 3 rings (SSSR count). The van der Waals surface area contributed by atoms with Crippen molar-refractivity contribution in [1.29, 1.82) is 0 Å². The third kappa shape index (κ3) is 4.19. The van der Waals surface area contributed by atoms with Crippen molar-refractivity contribution in [1.82, 2.24) is 15.5 Å². The van der Waals surface area contributed by atoms with E-state index in [0.29, 0.717) is 28.4 Å². The van der Waals surface area contributed by atoms with E-state index in [2.05, 4.69) is 15.5 Å². The second-order valence-electron chi connectivity index (χ2n) is 6.63. The molecular formula is C19H24ClN3O3. The van der Waals surface area contributed by atoms with Gasteiger partial charge < -0.3 is 15.4 Å². The summed E-state index contributed by atoms with van der Waals surface area (Å²) in [7, 11) is 1.35. The van der Waals surface area contributed by atoms with Crippen LogP contribution in [-0.2, 0) is 9.53 Å². The van der Waals surface area contributed by atoms with E-state index in [9.17, 15) is 9.59 Å². The fourth-order valence-corrected chi connectivity index (χ4v) is 3.80. The van der Waals surface area contributed by atoms with Crippen molar-refractivity contribution in [3.05, 3.63) is 46.1 Å². The molecule has 1 aromatic carbocycles. The summed E-state index contributed by atoms with van der Waals surface area (Å²) in [6, 6.07) is 6.23. The van der Waals surface area contributed by atoms with Crippen molar-refractivity contribution in [2.45, 2.75) is 31.7 Å². The van der Waals surface area contributed by atoms with Crippen molar-refractivity contribution in [3.63, 3.8) is 0 Å². The first-order valence-electron chi connectivity index (χ1n) is 8.96. The number of amides is 2. The number of ether oxygens (including phenoxy) is 1. The summed E-state index contributed by atoms with van der Waals surface area (Å²) in [6.45, 7) is 2.43. The zero-order valence-electron chi connectivity index (χ0n) is 14.9. The molecule has 0 aliphatic carbocycles. The van der Waals surface area contributed by atoms with Gasteiger partial charge in [0, 0.05) is 17.3 Å². The molecule has 2 aliphatic rings. The van der Waals surface area contributed by atoms with Crippen LogP contribution >= 0.6 is 11.6 Å². The van der Waals surface area contributed by atoms with Crippen LogP contribution in [0.4, 0.5) is 4.79 Å². The van der Waals surface area contributed by atoms with E-state index in [1.807, 2.05) is 18.2 Å². The zero-order chi connectivity index (χ0) is 18.5. The average molecular weight is 378 g/mol. The maximum atomic E-state index is 12.6. The first-order chi connectivity index (χ1) is 12.6. The Kier molecular flexibility index (Phi) is 6.16. The van der Waals surface area contributed by atoms with Gasteiger partial charge in [-0.25, -0.2) is 9.59 Å². The molecule has 26 heavy (non-hydrogen) atoms. The van der Waals surface area contributed by atoms with Gasteiger partial charge in [-0.2, -0.15) is 0 Å². The standard InChI is InChI=1S/C19H24ClN3O3/c1-26-18(24)16-15(12-23-10-6-2-3-7-11-23)21-19(25)22-17(16)13-8-4-5-9-14(13)20/h4-5,8-9,17H,2-3,6-7,10-12H2,1H3,(H2,21,22,25)/t17-/m1/s1. The molecule has 0 bridgehead atoms. The second-order valence-corrected chi connectivity index (χ2v) is 7.03. The Labute approximate surface area is 158 Å². The number of methoxy groups -OCH3 is 1. The maximum Gasteiger partial charge on any atom is 0.338 e. The molecule has 0 aromatic heterocycles. The molecule has 0 saturated carbocycles. The van der Waals surface area contributed by atoms with Crippen molar-refractivity contribution in [2.24, 2.45) is 0 Å². The van der Waals surface area contributed by atoms with Crippen LogP contribution in [0.5, 0.6) is 0 Å². The molecule has 0 spiro atoms. The summed E-state index contributed by atoms with van der Waals surface area (Å²) < 4.78 is 5.01. The Balaban J connectivity index is 1.98. The second kappa shape index (κ2) is 8.56. The van der Waals surface area contributed by atoms with Gasteiger partial charge in [0.15, 0.2) is 0 Å². The van der Waals surface area contributed by atoms with Gasteiger partial charge >= 0.3 is 12.0 Å². The molecule has 0 radical (unpaired) electrons. The van der Waals surface area contributed by atoms with Gasteiger partial charge in [0.1, 0.15) is 0 Å². The Morgan fingerprint density at radius 1 is 1.23 bits per heavy atom. The highest BCUT2D eigenvalue weighted by molar-refractivity contribution is 6.31. The predicted molar refractivity (Wildman–Crippen MR) is 99.8 cm³/mol. The Bertz CT molecular complexity index is 712. The Hall–Kier alpha value is -2.05. The molecule has 1 fully saturated rings. The average Bonchev–Trinajstić information content (AvgIpc) is 2.90. The lowest BCUT2D eigenvalue weighted by Crippen LogP contribution is -2.48. The predicted octanol–water partition coefficient (Wildman–Crippen LogP) is 3.00. The van der Waals surface area contributed by atoms with Crippen molar-refractivity contribution in [2.75, 3.05) is 26.7 Å². The first kappa shape index (κ1) is 18.7. The van der Waals surface area contributed by atoms with Crippen LogP contribution in [0.15, 0.2) is 35.5 Å². The topological polar surface area (TPSA) is 70.7 Å². The zero-order valence-corrected chi connectivity index (χ0v) is 15.6. The summed E-state index contributed by atoms with van der Waals surface area (Å²) >= 11 is 6.32. The molecule has 2 aliphatic heterocycles. The Morgan fingerprint density at radius 3 is 2.58 bits per heavy atom. The largest absolute Gasteiger partial charge is 0.466 e. The molecule has 6 nitrogen and oxygen atoms in total. The number of carbonyl (C=O) groups excluding carboxylic acids is 2. The van der Waals surface area contributed by atoms with E-state index in [1.165, 1.54) is 20.0 Å². The van der Waals surface area contributed by atoms with Crippen LogP contribution in [-0.4, -0.2) is 43.6 Å². The molecule has 1 saturated heterocycles. The normalized spacial score (nSPS) is 21.6. The number of benzene rings is 1. The number of urea groups is 1. The molecule has 1 atom stereocenters. The summed E-state index contributed by atoms with van der Waals surface area (Å²) in [4.78, 5) is 27.1. The quantitative estimate of drug-likeness (QED) is 0.791. The van der Waals surface area contributed by atoms with E-state index in [1.54, 1.807) is 6.07 Å². The summed E-state index contributed by atoms with van der Waals surface area (Å²) in [5, 5.41) is 6.11. The van der Waals surface area contributed by atoms with Gasteiger partial charge in [0.2, 0.25) is 0 Å². The monoisotopic (exact) mass is 377 g/mol. The minimum atomic E-state index is -0.633. The molecule has 7 heteroatoms. The number of rotatable bonds is 4. The van der Waals surface area contributed by atoms with E-state index in [4.69, 9.17) is 16.3 Å². The van der Waals surface area contributed by atoms with Crippen LogP contribution in [0, 0.1) is 0 Å². The minimum absolute atomic E-state index is 0.340. The number of esters is 1. The van der Waals surface area contributed by atoms with Gasteiger partial charge in [-0.05, 0) is 37.6 Å². The molecule has 140 valence electrons. The maximum absolute atomic E-state index is 12.6. The highest BCUT2D eigenvalue weighted by Crippen LogP contribution is 2.32. The fourth-order valence-electron chi connectivity index (χ4n) is 3.55. The van der Waals surface area contributed by atoms with Gasteiger partial charge in [0.05, 0.1) is 18.7 Å². The Morgan fingerprint density at radius 2 is 1.92 bits per heavy atom. The summed E-state index contributed by atoms with van der Waals surface area (Å²) in [5.41, 5.74) is 1.68. The van der Waals surface area contributed by atoms with E-state index >= 15 is 0 Å². The van der Waals surface area contributed by atoms with Crippen LogP contribution in [0.1, 0.15) is 37.3 Å². The van der Waals surface area contributed by atoms with E-state index in [0.717, 1.165) is 25.9 Å². The number of nitrogens with zero attached hydrogens (tertiary/aromatic N) is 1. The number of hydrogen-bond donors (Lipinski definition) is 2. The fraction of sp³-hybridized carbons (Fsp3) is 0.474. The van der Waals surface area contributed by atoms with Crippen LogP contribution in [0.2, 0.25) is 5.02 Å². The van der Waals surface area contributed by atoms with Gasteiger partial charge in [0.25, 0.3) is 0 Å².